The van der Waals surface area contributed by atoms with Crippen LogP contribution < -0.4 is 5.32 Å². The van der Waals surface area contributed by atoms with Crippen LogP contribution in [0.15, 0.2) is 0 Å². The van der Waals surface area contributed by atoms with Gasteiger partial charge in [0.15, 0.2) is 0 Å². The number of halogens is 2. The predicted octanol–water partition coefficient (Wildman–Crippen LogP) is 2.16. The van der Waals surface area contributed by atoms with Crippen LogP contribution in [0, 0.1) is 5.92 Å². The van der Waals surface area contributed by atoms with Gasteiger partial charge in [-0.3, -0.25) is 9.59 Å². The third-order valence-corrected chi connectivity index (χ3v) is 6.20. The number of carbonyl (C=O) groups excluding carboxylic acids is 2. The van der Waals surface area contributed by atoms with E-state index in [2.05, 4.69) is 62.3 Å². The number of hydrogen-bond acceptors (Lipinski definition) is 6. The summed E-state index contributed by atoms with van der Waals surface area (Å²) in [7, 11) is 0. The van der Waals surface area contributed by atoms with Gasteiger partial charge in [0.05, 0.1) is 0 Å². The van der Waals surface area contributed by atoms with Gasteiger partial charge in [-0.25, -0.2) is 0 Å². The van der Waals surface area contributed by atoms with E-state index in [0.29, 0.717) is 12.5 Å². The van der Waals surface area contributed by atoms with Crippen LogP contribution in [0.25, 0.3) is 0 Å². The van der Waals surface area contributed by atoms with Crippen LogP contribution in [0.5, 0.6) is 0 Å². The number of carbonyl (C=O) groups is 2. The van der Waals surface area contributed by atoms with Crippen molar-refractivity contribution in [1.29, 1.82) is 0 Å². The number of rotatable bonds is 6. The molecule has 4 unspecified atom stereocenters. The third-order valence-electron chi connectivity index (χ3n) is 4.79. The smallest absolute Gasteiger partial charge is 0.320 e. The molecule has 0 radical (unpaired) electrons. The molecule has 0 spiro atoms. The summed E-state index contributed by atoms with van der Waals surface area (Å²) >= 11 is 4.26. The van der Waals surface area contributed by atoms with Gasteiger partial charge < -0.3 is 19.7 Å². The zero-order valence-electron chi connectivity index (χ0n) is 14.9. The highest BCUT2D eigenvalue weighted by Gasteiger charge is 2.30. The van der Waals surface area contributed by atoms with Crippen LogP contribution in [0.1, 0.15) is 33.1 Å². The highest BCUT2D eigenvalue weighted by atomic mass is 127. The number of piperidine rings is 2. The van der Waals surface area contributed by atoms with Crippen LogP contribution in [-0.2, 0) is 19.1 Å². The third kappa shape index (κ3) is 7.10. The van der Waals surface area contributed by atoms with Crippen molar-refractivity contribution in [3.63, 3.8) is 0 Å². The summed E-state index contributed by atoms with van der Waals surface area (Å²) in [4.78, 5) is 26.3. The lowest BCUT2D eigenvalue weighted by Gasteiger charge is -2.33. The van der Waals surface area contributed by atoms with E-state index in [0.717, 1.165) is 45.4 Å². The Balaban J connectivity index is 1.69. The lowest BCUT2D eigenvalue weighted by molar-refractivity contribution is -0.152. The van der Waals surface area contributed by atoms with Crippen LogP contribution >= 0.6 is 45.2 Å². The molecule has 0 aromatic rings. The van der Waals surface area contributed by atoms with Crippen molar-refractivity contribution >= 4 is 57.1 Å². The zero-order valence-corrected chi connectivity index (χ0v) is 19.2. The Morgan fingerprint density at radius 2 is 1.84 bits per heavy atom. The number of ether oxygens (including phenoxy) is 2. The van der Waals surface area contributed by atoms with Crippen molar-refractivity contribution in [3.05, 3.63) is 0 Å². The second-order valence-corrected chi connectivity index (χ2v) is 10.3. The van der Waals surface area contributed by atoms with E-state index in [1.807, 2.05) is 6.92 Å². The second kappa shape index (κ2) is 10.6. The highest BCUT2D eigenvalue weighted by molar-refractivity contribution is 14.1. The fraction of sp³-hybridized carbons (Fsp3) is 0.882. The van der Waals surface area contributed by atoms with Crippen LogP contribution in [0.4, 0.5) is 0 Å². The van der Waals surface area contributed by atoms with E-state index in [4.69, 9.17) is 9.47 Å². The van der Waals surface area contributed by atoms with Gasteiger partial charge in [0, 0.05) is 32.1 Å². The van der Waals surface area contributed by atoms with E-state index in [9.17, 15) is 9.59 Å². The normalized spacial score (nSPS) is 28.2. The molecule has 4 atom stereocenters. The van der Waals surface area contributed by atoms with Crippen molar-refractivity contribution in [2.24, 2.45) is 5.92 Å². The minimum atomic E-state index is -0.159. The molecule has 2 rings (SSSR count). The average molecular weight is 578 g/mol. The number of nitrogens with zero attached hydrogens (tertiary/aromatic N) is 1. The summed E-state index contributed by atoms with van der Waals surface area (Å²) in [5.74, 6) is 0.129. The molecule has 2 saturated heterocycles. The second-order valence-electron chi connectivity index (χ2n) is 6.97. The van der Waals surface area contributed by atoms with Crippen LogP contribution in [0.2, 0.25) is 0 Å². The van der Waals surface area contributed by atoms with E-state index in [1.165, 1.54) is 0 Å². The van der Waals surface area contributed by atoms with Gasteiger partial charge in [-0.1, -0.05) is 52.1 Å². The summed E-state index contributed by atoms with van der Waals surface area (Å²) in [6.07, 6.45) is 2.60. The predicted molar refractivity (Wildman–Crippen MR) is 113 cm³/mol. The molecule has 0 amide bonds. The van der Waals surface area contributed by atoms with Crippen LogP contribution in [-0.4, -0.2) is 69.6 Å². The number of alkyl halides is 2. The Bertz CT molecular complexity index is 456. The highest BCUT2D eigenvalue weighted by Crippen LogP contribution is 2.20. The number of hydrogen-bond donors (Lipinski definition) is 1. The quantitative estimate of drug-likeness (QED) is 0.296. The Morgan fingerprint density at radius 1 is 1.16 bits per heavy atom. The molecule has 0 aromatic heterocycles. The van der Waals surface area contributed by atoms with E-state index in [-0.39, 0.29) is 32.0 Å². The molecule has 6 nitrogen and oxygen atoms in total. The van der Waals surface area contributed by atoms with Gasteiger partial charge in [0.25, 0.3) is 0 Å². The summed E-state index contributed by atoms with van der Waals surface area (Å²) in [5.41, 5.74) is 0. The lowest BCUT2D eigenvalue weighted by atomic mass is 9.98. The molecule has 1 N–H and O–H groups in total. The summed E-state index contributed by atoms with van der Waals surface area (Å²) < 4.78 is 10.9. The van der Waals surface area contributed by atoms with Gasteiger partial charge in [-0.05, 0) is 32.7 Å². The van der Waals surface area contributed by atoms with E-state index >= 15 is 0 Å². The summed E-state index contributed by atoms with van der Waals surface area (Å²) in [6.45, 7) is 8.18. The van der Waals surface area contributed by atoms with Crippen molar-refractivity contribution in [3.8, 4) is 0 Å². The van der Waals surface area contributed by atoms with Gasteiger partial charge in [0.1, 0.15) is 20.1 Å². The monoisotopic (exact) mass is 578 g/mol. The largest absolute Gasteiger partial charge is 0.461 e. The number of nitrogens with one attached hydrogen (secondary N) is 1. The van der Waals surface area contributed by atoms with Crippen molar-refractivity contribution in [2.45, 2.75) is 53.2 Å². The maximum atomic E-state index is 12.4. The van der Waals surface area contributed by atoms with Gasteiger partial charge >= 0.3 is 11.9 Å². The van der Waals surface area contributed by atoms with Crippen molar-refractivity contribution in [2.75, 3.05) is 32.7 Å². The topological polar surface area (TPSA) is 67.9 Å². The molecule has 0 aromatic carbocycles. The fourth-order valence-corrected chi connectivity index (χ4v) is 4.01. The first-order chi connectivity index (χ1) is 11.9. The SMILES string of the molecule is CC(I)C(=O)OC1CCN(CC(I)C(=O)OC2CCNCC2C)CC1. The van der Waals surface area contributed by atoms with E-state index < -0.39 is 0 Å². The molecule has 2 aliphatic rings. The van der Waals surface area contributed by atoms with Gasteiger partial charge in [-0.2, -0.15) is 0 Å². The molecule has 2 heterocycles. The minimum Gasteiger partial charge on any atom is -0.461 e. The number of esters is 2. The minimum absolute atomic E-state index is 0.0103. The molecule has 0 aliphatic carbocycles. The van der Waals surface area contributed by atoms with Crippen molar-refractivity contribution < 1.29 is 19.1 Å². The molecular formula is C17H28I2N2O4. The Hall–Kier alpha value is 0.320. The first-order valence-electron chi connectivity index (χ1n) is 8.99. The number of likely N-dealkylation sites (tertiary alicyclic amines) is 1. The fourth-order valence-electron chi connectivity index (χ4n) is 3.16. The Labute approximate surface area is 177 Å². The molecule has 2 fully saturated rings. The van der Waals surface area contributed by atoms with Crippen molar-refractivity contribution in [1.82, 2.24) is 10.2 Å². The Kier molecular flexibility index (Phi) is 9.17. The average Bonchev–Trinajstić information content (AvgIpc) is 2.58. The molecular weight excluding hydrogens is 550 g/mol. The molecule has 25 heavy (non-hydrogen) atoms. The van der Waals surface area contributed by atoms with E-state index in [1.54, 1.807) is 0 Å². The molecule has 2 aliphatic heterocycles. The summed E-state index contributed by atoms with van der Waals surface area (Å²) in [6, 6.07) is 0. The Morgan fingerprint density at radius 3 is 2.44 bits per heavy atom. The lowest BCUT2D eigenvalue weighted by Crippen LogP contribution is -2.45. The molecule has 0 saturated carbocycles. The standard InChI is InChI=1S/C17H28I2N2O4/c1-11-9-20-6-3-15(11)25-17(23)14(19)10-21-7-4-13(5-8-21)24-16(22)12(2)18/h11-15,20H,3-10H2,1-2H3. The van der Waals surface area contributed by atoms with Gasteiger partial charge in [0.2, 0.25) is 0 Å². The zero-order chi connectivity index (χ0) is 18.4. The maximum absolute atomic E-state index is 12.4. The van der Waals surface area contributed by atoms with Crippen LogP contribution in [0.3, 0.4) is 0 Å². The molecule has 144 valence electrons. The maximum Gasteiger partial charge on any atom is 0.320 e. The van der Waals surface area contributed by atoms with Gasteiger partial charge in [-0.15, -0.1) is 0 Å². The first-order valence-corrected chi connectivity index (χ1v) is 11.5. The summed E-state index contributed by atoms with van der Waals surface area (Å²) in [5, 5.41) is 3.32. The first kappa shape index (κ1) is 21.6. The molecule has 8 heteroatoms. The molecule has 0 bridgehead atoms.